The van der Waals surface area contributed by atoms with Crippen molar-refractivity contribution in [2.24, 2.45) is 5.92 Å². The number of rotatable bonds is 7. The number of benzene rings is 2. The maximum Gasteiger partial charge on any atom is 0.246 e. The fourth-order valence-electron chi connectivity index (χ4n) is 5.19. The third-order valence-corrected chi connectivity index (χ3v) is 7.32. The van der Waals surface area contributed by atoms with Crippen molar-refractivity contribution in [1.82, 2.24) is 9.80 Å². The number of hydrogen-bond donors (Lipinski definition) is 1. The van der Waals surface area contributed by atoms with E-state index in [4.69, 9.17) is 4.74 Å². The predicted octanol–water partition coefficient (Wildman–Crippen LogP) is 4.47. The Morgan fingerprint density at radius 2 is 1.66 bits per heavy atom. The molecule has 1 N–H and O–H groups in total. The maximum absolute atomic E-state index is 13.3. The summed E-state index contributed by atoms with van der Waals surface area (Å²) in [6.07, 6.45) is 6.04. The molecule has 2 fully saturated rings. The van der Waals surface area contributed by atoms with Crippen LogP contribution in [0.3, 0.4) is 0 Å². The van der Waals surface area contributed by atoms with Gasteiger partial charge in [0.2, 0.25) is 5.91 Å². The Balaban J connectivity index is 1.19. The third-order valence-electron chi connectivity index (χ3n) is 7.32. The van der Waals surface area contributed by atoms with Gasteiger partial charge in [-0.05, 0) is 92.1 Å². The summed E-state index contributed by atoms with van der Waals surface area (Å²) in [7, 11) is 1.68. The zero-order valence-electron chi connectivity index (χ0n) is 20.2. The normalized spacial score (nSPS) is 19.3. The summed E-state index contributed by atoms with van der Waals surface area (Å²) in [4.78, 5) is 16.6. The van der Waals surface area contributed by atoms with E-state index in [1.165, 1.54) is 29.8 Å². The molecule has 35 heavy (non-hydrogen) atoms. The zero-order valence-corrected chi connectivity index (χ0v) is 20.2. The number of β-amino-alcohol motifs (C(OH)–C–C–N with tert-alkyl or cyclic N) is 1. The van der Waals surface area contributed by atoms with Crippen molar-refractivity contribution >= 4 is 12.0 Å². The number of aliphatic hydroxyl groups is 1. The van der Waals surface area contributed by atoms with Gasteiger partial charge in [-0.2, -0.15) is 0 Å². The standard InChI is InChI=1S/C28H34F2N2O3/c1-35-26-5-3-21(4-6-26)22-8-12-31(13-9-22)19-27(33)23-10-14-32(15-11-23)28(34)7-2-20-16-24(29)18-25(30)17-20/h2-7,16-18,22-23,27,33H,8-15,19H2,1H3. The molecule has 2 aliphatic heterocycles. The molecular formula is C28H34F2N2O3. The number of nitrogens with zero attached hydrogens (tertiary/aromatic N) is 2. The first-order chi connectivity index (χ1) is 16.9. The fourth-order valence-corrected chi connectivity index (χ4v) is 5.19. The van der Waals surface area contributed by atoms with Crippen molar-refractivity contribution in [3.63, 3.8) is 0 Å². The molecule has 4 rings (SSSR count). The zero-order chi connectivity index (χ0) is 24.8. The number of hydrogen-bond acceptors (Lipinski definition) is 4. The van der Waals surface area contributed by atoms with Crippen LogP contribution in [0.2, 0.25) is 0 Å². The topological polar surface area (TPSA) is 53.0 Å². The van der Waals surface area contributed by atoms with E-state index >= 15 is 0 Å². The number of carbonyl (C=O) groups excluding carboxylic acids is 1. The van der Waals surface area contributed by atoms with Crippen LogP contribution in [0.1, 0.15) is 42.7 Å². The van der Waals surface area contributed by atoms with E-state index < -0.39 is 17.7 Å². The number of carbonyl (C=O) groups is 1. The minimum atomic E-state index is -0.670. The van der Waals surface area contributed by atoms with Crippen LogP contribution in [0, 0.1) is 17.6 Å². The number of amides is 1. The van der Waals surface area contributed by atoms with Crippen molar-refractivity contribution in [3.8, 4) is 5.75 Å². The SMILES string of the molecule is COc1ccc(C2CCN(CC(O)C3CCN(C(=O)C=Cc4cc(F)cc(F)c4)CC3)CC2)cc1. The summed E-state index contributed by atoms with van der Waals surface area (Å²) in [5.74, 6) is 0.0668. The molecule has 2 saturated heterocycles. The quantitative estimate of drug-likeness (QED) is 0.590. The van der Waals surface area contributed by atoms with Gasteiger partial charge in [-0.1, -0.05) is 12.1 Å². The van der Waals surface area contributed by atoms with E-state index in [1.54, 1.807) is 12.0 Å². The van der Waals surface area contributed by atoms with E-state index in [1.807, 2.05) is 12.1 Å². The molecule has 2 heterocycles. The maximum atomic E-state index is 13.3. The molecule has 7 heteroatoms. The summed E-state index contributed by atoms with van der Waals surface area (Å²) in [6, 6.07) is 11.5. The van der Waals surface area contributed by atoms with Gasteiger partial charge in [-0.15, -0.1) is 0 Å². The van der Waals surface area contributed by atoms with Gasteiger partial charge in [0.05, 0.1) is 13.2 Å². The van der Waals surface area contributed by atoms with Crippen molar-refractivity contribution in [2.45, 2.75) is 37.7 Å². The number of ether oxygens (including phenoxy) is 1. The second kappa shape index (κ2) is 11.8. The Morgan fingerprint density at radius 3 is 2.26 bits per heavy atom. The van der Waals surface area contributed by atoms with Gasteiger partial charge in [0.15, 0.2) is 0 Å². The van der Waals surface area contributed by atoms with Gasteiger partial charge in [0, 0.05) is 31.8 Å². The van der Waals surface area contributed by atoms with Gasteiger partial charge in [0.1, 0.15) is 17.4 Å². The lowest BCUT2D eigenvalue weighted by Crippen LogP contribution is -2.45. The molecule has 2 aliphatic rings. The van der Waals surface area contributed by atoms with Crippen LogP contribution in [-0.2, 0) is 4.79 Å². The van der Waals surface area contributed by atoms with Crippen molar-refractivity contribution in [1.29, 1.82) is 0 Å². The van der Waals surface area contributed by atoms with Gasteiger partial charge >= 0.3 is 0 Å². The summed E-state index contributed by atoms with van der Waals surface area (Å²) in [5.41, 5.74) is 1.66. The third kappa shape index (κ3) is 6.89. The predicted molar refractivity (Wildman–Crippen MR) is 132 cm³/mol. The van der Waals surface area contributed by atoms with Crippen LogP contribution in [0.25, 0.3) is 6.08 Å². The molecule has 5 nitrogen and oxygen atoms in total. The van der Waals surface area contributed by atoms with E-state index in [0.29, 0.717) is 31.1 Å². The fraction of sp³-hybridized carbons (Fsp3) is 0.464. The molecule has 0 aromatic heterocycles. The van der Waals surface area contributed by atoms with Crippen molar-refractivity contribution < 1.29 is 23.4 Å². The van der Waals surface area contributed by atoms with Crippen molar-refractivity contribution in [2.75, 3.05) is 39.8 Å². The highest BCUT2D eigenvalue weighted by Gasteiger charge is 2.29. The van der Waals surface area contributed by atoms with Crippen molar-refractivity contribution in [3.05, 3.63) is 71.3 Å². The number of piperidine rings is 2. The lowest BCUT2D eigenvalue weighted by Gasteiger charge is -2.38. The Bertz CT molecular complexity index is 991. The smallest absolute Gasteiger partial charge is 0.246 e. The number of likely N-dealkylation sites (tertiary alicyclic amines) is 2. The summed E-state index contributed by atoms with van der Waals surface area (Å²) in [5, 5.41) is 10.9. The monoisotopic (exact) mass is 484 g/mol. The Hall–Kier alpha value is -2.77. The average molecular weight is 485 g/mol. The molecule has 1 unspecified atom stereocenters. The molecule has 0 radical (unpaired) electrons. The molecule has 0 aliphatic carbocycles. The van der Waals surface area contributed by atoms with E-state index in [2.05, 4.69) is 17.0 Å². The summed E-state index contributed by atoms with van der Waals surface area (Å²) < 4.78 is 31.9. The minimum absolute atomic E-state index is 0.166. The van der Waals surface area contributed by atoms with Gasteiger partial charge in [-0.3, -0.25) is 4.79 Å². The first-order valence-corrected chi connectivity index (χ1v) is 12.4. The lowest BCUT2D eigenvalue weighted by atomic mass is 9.88. The molecule has 1 amide bonds. The van der Waals surface area contributed by atoms with Crippen LogP contribution < -0.4 is 4.74 Å². The Labute approximate surface area is 206 Å². The van der Waals surface area contributed by atoms with Gasteiger partial charge in [-0.25, -0.2) is 8.78 Å². The van der Waals surface area contributed by atoms with E-state index in [-0.39, 0.29) is 11.8 Å². The average Bonchev–Trinajstić information content (AvgIpc) is 2.87. The molecule has 0 bridgehead atoms. The van der Waals surface area contributed by atoms with Gasteiger partial charge in [0.25, 0.3) is 0 Å². The molecule has 188 valence electrons. The largest absolute Gasteiger partial charge is 0.497 e. The molecule has 2 aromatic rings. The highest BCUT2D eigenvalue weighted by atomic mass is 19.1. The minimum Gasteiger partial charge on any atom is -0.497 e. The summed E-state index contributed by atoms with van der Waals surface area (Å²) >= 11 is 0. The molecule has 2 aromatic carbocycles. The second-order valence-corrected chi connectivity index (χ2v) is 9.61. The van der Waals surface area contributed by atoms with Crippen LogP contribution in [0.5, 0.6) is 5.75 Å². The molecule has 0 spiro atoms. The number of halogens is 2. The Morgan fingerprint density at radius 1 is 1.03 bits per heavy atom. The summed E-state index contributed by atoms with van der Waals surface area (Å²) in [6.45, 7) is 3.75. The van der Waals surface area contributed by atoms with E-state index in [9.17, 15) is 18.7 Å². The first kappa shape index (κ1) is 25.3. The van der Waals surface area contributed by atoms with Crippen LogP contribution >= 0.6 is 0 Å². The number of aliphatic hydroxyl groups excluding tert-OH is 1. The van der Waals surface area contributed by atoms with Crippen LogP contribution in [0.15, 0.2) is 48.5 Å². The van der Waals surface area contributed by atoms with E-state index in [0.717, 1.165) is 50.6 Å². The first-order valence-electron chi connectivity index (χ1n) is 12.4. The molecular weight excluding hydrogens is 450 g/mol. The Kier molecular flexibility index (Phi) is 8.52. The number of methoxy groups -OCH3 is 1. The second-order valence-electron chi connectivity index (χ2n) is 9.61. The molecule has 0 saturated carbocycles. The van der Waals surface area contributed by atoms with Gasteiger partial charge < -0.3 is 19.6 Å². The van der Waals surface area contributed by atoms with Crippen LogP contribution in [0.4, 0.5) is 8.78 Å². The molecule has 1 atom stereocenters. The highest BCUT2D eigenvalue weighted by Crippen LogP contribution is 2.30. The highest BCUT2D eigenvalue weighted by molar-refractivity contribution is 5.91. The van der Waals surface area contributed by atoms with Crippen LogP contribution in [-0.4, -0.2) is 66.8 Å². The lowest BCUT2D eigenvalue weighted by molar-refractivity contribution is -0.128.